The molecule has 10 aromatic carbocycles. The third-order valence-electron chi connectivity index (χ3n) is 12.5. The van der Waals surface area contributed by atoms with Gasteiger partial charge in [0.2, 0.25) is 0 Å². The summed E-state index contributed by atoms with van der Waals surface area (Å²) in [5.74, 6) is 0. The minimum absolute atomic E-state index is 1.06. The van der Waals surface area contributed by atoms with Gasteiger partial charge in [-0.25, -0.2) is 0 Å². The molecule has 3 heteroatoms. The lowest BCUT2D eigenvalue weighted by Crippen LogP contribution is -2.12. The third-order valence-corrected chi connectivity index (χ3v) is 12.5. The van der Waals surface area contributed by atoms with E-state index < -0.39 is 0 Å². The van der Waals surface area contributed by atoms with E-state index in [1.54, 1.807) is 0 Å². The second kappa shape index (κ2) is 15.3. The van der Waals surface area contributed by atoms with E-state index in [1.807, 2.05) is 0 Å². The number of nitrogens with zero attached hydrogens (tertiary/aromatic N) is 3. The summed E-state index contributed by atoms with van der Waals surface area (Å²) in [5, 5.41) is 4.89. The van der Waals surface area contributed by atoms with Crippen LogP contribution in [0.25, 0.3) is 88.4 Å². The average Bonchev–Trinajstić information content (AvgIpc) is 3.88. The summed E-state index contributed by atoms with van der Waals surface area (Å²) >= 11 is 0. The minimum Gasteiger partial charge on any atom is -0.310 e. The Bertz CT molecular complexity index is 3570. The minimum atomic E-state index is 1.06. The predicted molar refractivity (Wildman–Crippen MR) is 266 cm³/mol. The maximum Gasteiger partial charge on any atom is 0.0546 e. The fourth-order valence-electron chi connectivity index (χ4n) is 9.79. The van der Waals surface area contributed by atoms with Crippen molar-refractivity contribution < 1.29 is 0 Å². The van der Waals surface area contributed by atoms with E-state index >= 15 is 0 Å². The summed E-state index contributed by atoms with van der Waals surface area (Å²) in [4.78, 5) is 2.48. The van der Waals surface area contributed by atoms with Crippen molar-refractivity contribution in [2.75, 3.05) is 4.90 Å². The number of hydrogen-bond acceptors (Lipinski definition) is 1. The number of aromatic nitrogens is 2. The summed E-state index contributed by atoms with van der Waals surface area (Å²) in [6.45, 7) is 0. The molecule has 0 amide bonds. The lowest BCUT2D eigenvalue weighted by Gasteiger charge is -2.30. The molecule has 296 valence electrons. The molecule has 2 heterocycles. The number of para-hydroxylation sites is 4. The first-order valence-corrected chi connectivity index (χ1v) is 21.6. The molecule has 0 aliphatic carbocycles. The van der Waals surface area contributed by atoms with Gasteiger partial charge in [0, 0.05) is 49.9 Å². The van der Waals surface area contributed by atoms with E-state index in [2.05, 4.69) is 263 Å². The van der Waals surface area contributed by atoms with E-state index in [0.29, 0.717) is 0 Å². The maximum absolute atomic E-state index is 2.48. The standard InChI is InChI=1S/C60H41N3/c1-4-20-42(21-5-1)48-28-10-11-32-53(48)60-49(43-22-6-2-7-23-43)33-19-37-59(60)61(45-26-18-27-46(40-45)63-55-34-15-12-29-50(55)51-30-13-16-35-56(51)63)47-38-39-58-54(41-47)52-31-14-17-36-57(52)62(58)44-24-8-3-9-25-44/h1-41H. The zero-order chi connectivity index (χ0) is 41.7. The molecule has 0 aliphatic rings. The molecule has 0 bridgehead atoms. The smallest absolute Gasteiger partial charge is 0.0546 e. The highest BCUT2D eigenvalue weighted by Gasteiger charge is 2.25. The molecule has 12 aromatic rings. The van der Waals surface area contributed by atoms with E-state index in [1.165, 1.54) is 60.3 Å². The number of rotatable bonds is 8. The van der Waals surface area contributed by atoms with Gasteiger partial charge in [0.25, 0.3) is 0 Å². The van der Waals surface area contributed by atoms with Crippen molar-refractivity contribution in [2.45, 2.75) is 0 Å². The number of benzene rings is 10. The first-order valence-electron chi connectivity index (χ1n) is 21.6. The highest BCUT2D eigenvalue weighted by atomic mass is 15.1. The van der Waals surface area contributed by atoms with Gasteiger partial charge < -0.3 is 14.0 Å². The Hall–Kier alpha value is -8.40. The maximum atomic E-state index is 2.48. The highest BCUT2D eigenvalue weighted by Crippen LogP contribution is 2.49. The summed E-state index contributed by atoms with van der Waals surface area (Å²) in [5.41, 5.74) is 17.2. The van der Waals surface area contributed by atoms with Crippen molar-refractivity contribution in [3.63, 3.8) is 0 Å². The largest absolute Gasteiger partial charge is 0.310 e. The summed E-state index contributed by atoms with van der Waals surface area (Å²) in [6, 6.07) is 90.3. The first-order chi connectivity index (χ1) is 31.3. The SMILES string of the molecule is c1ccc(-c2ccccc2-c2c(-c3ccccc3)cccc2N(c2cccc(-n3c4ccccc4c4ccccc43)c2)c2ccc3c(c2)c2ccccc2n3-c2ccccc2)cc1. The lowest BCUT2D eigenvalue weighted by atomic mass is 9.87. The van der Waals surface area contributed by atoms with Gasteiger partial charge in [-0.15, -0.1) is 0 Å². The van der Waals surface area contributed by atoms with Crippen LogP contribution in [0.3, 0.4) is 0 Å². The molecule has 0 N–H and O–H groups in total. The van der Waals surface area contributed by atoms with Crippen molar-refractivity contribution in [3.05, 3.63) is 249 Å². The van der Waals surface area contributed by atoms with Gasteiger partial charge in [-0.05, 0) is 101 Å². The Labute approximate surface area is 366 Å². The van der Waals surface area contributed by atoms with Crippen LogP contribution < -0.4 is 4.90 Å². The molecule has 2 aromatic heterocycles. The molecule has 0 atom stereocenters. The van der Waals surface area contributed by atoms with E-state index in [9.17, 15) is 0 Å². The second-order valence-corrected chi connectivity index (χ2v) is 16.1. The van der Waals surface area contributed by atoms with E-state index in [4.69, 9.17) is 0 Å². The Morgan fingerprint density at radius 3 is 1.37 bits per heavy atom. The fourth-order valence-corrected chi connectivity index (χ4v) is 9.79. The summed E-state index contributed by atoms with van der Waals surface area (Å²) < 4.78 is 4.80. The first kappa shape index (κ1) is 36.5. The molecule has 0 saturated carbocycles. The Morgan fingerprint density at radius 2 is 0.714 bits per heavy atom. The van der Waals surface area contributed by atoms with Crippen LogP contribution in [0.1, 0.15) is 0 Å². The van der Waals surface area contributed by atoms with Crippen LogP contribution in [-0.2, 0) is 0 Å². The van der Waals surface area contributed by atoms with Crippen LogP contribution in [0.4, 0.5) is 17.1 Å². The monoisotopic (exact) mass is 803 g/mol. The summed E-state index contributed by atoms with van der Waals surface area (Å²) in [6.07, 6.45) is 0. The molecule has 0 radical (unpaired) electrons. The molecule has 0 spiro atoms. The van der Waals surface area contributed by atoms with Gasteiger partial charge >= 0.3 is 0 Å². The number of fused-ring (bicyclic) bond motifs is 6. The van der Waals surface area contributed by atoms with Crippen LogP contribution in [0, 0.1) is 0 Å². The van der Waals surface area contributed by atoms with Crippen molar-refractivity contribution >= 4 is 60.7 Å². The van der Waals surface area contributed by atoms with Crippen LogP contribution in [0.5, 0.6) is 0 Å². The zero-order valence-corrected chi connectivity index (χ0v) is 34.5. The lowest BCUT2D eigenvalue weighted by molar-refractivity contribution is 1.17. The third kappa shape index (κ3) is 6.13. The molecular weight excluding hydrogens is 763 g/mol. The van der Waals surface area contributed by atoms with Crippen LogP contribution in [0.15, 0.2) is 249 Å². The molecular formula is C60H41N3. The van der Waals surface area contributed by atoms with Crippen molar-refractivity contribution in [2.24, 2.45) is 0 Å². The highest BCUT2D eigenvalue weighted by molar-refractivity contribution is 6.12. The quantitative estimate of drug-likeness (QED) is 0.149. The molecule has 12 rings (SSSR count). The van der Waals surface area contributed by atoms with Crippen molar-refractivity contribution in [1.82, 2.24) is 9.13 Å². The number of hydrogen-bond donors (Lipinski definition) is 0. The molecule has 0 saturated heterocycles. The number of anilines is 3. The second-order valence-electron chi connectivity index (χ2n) is 16.1. The zero-order valence-electron chi connectivity index (χ0n) is 34.5. The van der Waals surface area contributed by atoms with Crippen LogP contribution in [0.2, 0.25) is 0 Å². The Balaban J connectivity index is 1.17. The van der Waals surface area contributed by atoms with Gasteiger partial charge in [0.05, 0.1) is 27.8 Å². The molecule has 0 fully saturated rings. The van der Waals surface area contributed by atoms with Gasteiger partial charge in [0.15, 0.2) is 0 Å². The van der Waals surface area contributed by atoms with Gasteiger partial charge in [-0.1, -0.05) is 176 Å². The van der Waals surface area contributed by atoms with Gasteiger partial charge in [-0.2, -0.15) is 0 Å². The normalized spacial score (nSPS) is 11.5. The molecule has 3 nitrogen and oxygen atoms in total. The fraction of sp³-hybridized carbons (Fsp3) is 0. The topological polar surface area (TPSA) is 13.1 Å². The molecule has 0 aliphatic heterocycles. The average molecular weight is 804 g/mol. The summed E-state index contributed by atoms with van der Waals surface area (Å²) in [7, 11) is 0. The van der Waals surface area contributed by atoms with Gasteiger partial charge in [-0.3, -0.25) is 0 Å². The predicted octanol–water partition coefficient (Wildman–Crippen LogP) is 16.4. The molecule has 0 unspecified atom stereocenters. The Morgan fingerprint density at radius 1 is 0.270 bits per heavy atom. The van der Waals surface area contributed by atoms with Crippen molar-refractivity contribution in [1.29, 1.82) is 0 Å². The van der Waals surface area contributed by atoms with Gasteiger partial charge in [0.1, 0.15) is 0 Å². The molecule has 63 heavy (non-hydrogen) atoms. The Kier molecular flexibility index (Phi) is 8.83. The van der Waals surface area contributed by atoms with E-state index in [-0.39, 0.29) is 0 Å². The van der Waals surface area contributed by atoms with Crippen LogP contribution >= 0.6 is 0 Å². The van der Waals surface area contributed by atoms with Crippen LogP contribution in [-0.4, -0.2) is 9.13 Å². The van der Waals surface area contributed by atoms with E-state index in [0.717, 1.165) is 45.1 Å². The van der Waals surface area contributed by atoms with Crippen molar-refractivity contribution in [3.8, 4) is 44.8 Å².